The Morgan fingerprint density at radius 1 is 0.897 bits per heavy atom. The summed E-state index contributed by atoms with van der Waals surface area (Å²) in [7, 11) is 0. The molecule has 2 saturated heterocycles. The number of Topliss-reactive ketones (excluding diaryl/α,β-unsaturated/α-hetero) is 1. The van der Waals surface area contributed by atoms with Crippen molar-refractivity contribution in [2.24, 2.45) is 16.7 Å². The lowest BCUT2D eigenvalue weighted by molar-refractivity contribution is -0.304. The number of piperidine rings is 1. The molecule has 3 rings (SSSR count). The maximum Gasteiger partial charge on any atom is 0.249 e. The van der Waals surface area contributed by atoms with Crippen LogP contribution in [0.15, 0.2) is 0 Å². The molecule has 0 radical (unpaired) electrons. The number of hydrogen-bond donors (Lipinski definition) is 1. The summed E-state index contributed by atoms with van der Waals surface area (Å²) in [6.07, 6.45) is 15.8. The van der Waals surface area contributed by atoms with E-state index in [1.54, 1.807) is 0 Å². The lowest BCUT2D eigenvalue weighted by Crippen LogP contribution is -2.56. The Balaban J connectivity index is 1.35. The molecule has 0 aromatic rings. The lowest BCUT2D eigenvalue weighted by atomic mass is 9.64. The van der Waals surface area contributed by atoms with Crippen LogP contribution in [0.1, 0.15) is 131 Å². The van der Waals surface area contributed by atoms with Gasteiger partial charge in [-0.2, -0.15) is 0 Å². The Kier molecular flexibility index (Phi) is 11.9. The molecule has 224 valence electrons. The third kappa shape index (κ3) is 9.01. The van der Waals surface area contributed by atoms with Crippen molar-refractivity contribution in [1.29, 1.82) is 0 Å². The monoisotopic (exact) mass is 548 g/mol. The first-order valence-electron chi connectivity index (χ1n) is 15.9. The van der Waals surface area contributed by atoms with Crippen LogP contribution in [0.4, 0.5) is 0 Å². The van der Waals surface area contributed by atoms with Gasteiger partial charge in [0.15, 0.2) is 5.79 Å². The first-order valence-corrected chi connectivity index (χ1v) is 15.9. The van der Waals surface area contributed by atoms with E-state index >= 15 is 0 Å². The van der Waals surface area contributed by atoms with Crippen LogP contribution in [-0.4, -0.2) is 60.6 Å². The van der Waals surface area contributed by atoms with E-state index < -0.39 is 17.3 Å². The molecule has 0 aromatic heterocycles. The Morgan fingerprint density at radius 2 is 1.51 bits per heavy atom. The molecule has 1 N–H and O–H groups in total. The molecule has 2 aliphatic heterocycles. The van der Waals surface area contributed by atoms with Gasteiger partial charge in [0.25, 0.3) is 0 Å². The third-order valence-corrected chi connectivity index (χ3v) is 9.32. The number of ether oxygens (including phenoxy) is 2. The Hall–Kier alpha value is -1.47. The van der Waals surface area contributed by atoms with E-state index in [1.807, 2.05) is 32.6 Å². The molecule has 1 aliphatic carbocycles. The van der Waals surface area contributed by atoms with Crippen molar-refractivity contribution in [2.45, 2.75) is 143 Å². The van der Waals surface area contributed by atoms with Crippen LogP contribution in [0.2, 0.25) is 0 Å². The van der Waals surface area contributed by atoms with Crippen molar-refractivity contribution in [1.82, 2.24) is 10.2 Å². The Bertz CT molecular complexity index is 811. The summed E-state index contributed by atoms with van der Waals surface area (Å²) < 4.78 is 11.6. The van der Waals surface area contributed by atoms with Crippen molar-refractivity contribution in [3.05, 3.63) is 0 Å². The minimum atomic E-state index is -0.801. The first kappa shape index (κ1) is 32.0. The van der Waals surface area contributed by atoms with E-state index in [0.29, 0.717) is 38.6 Å². The van der Waals surface area contributed by atoms with Crippen LogP contribution in [0.5, 0.6) is 0 Å². The van der Waals surface area contributed by atoms with Gasteiger partial charge in [-0.25, -0.2) is 0 Å². The number of amides is 2. The molecule has 2 heterocycles. The molecule has 1 unspecified atom stereocenters. The van der Waals surface area contributed by atoms with Gasteiger partial charge in [-0.15, -0.1) is 0 Å². The number of carbonyl (C=O) groups is 3. The molecule has 7 heteroatoms. The molecule has 2 amide bonds. The van der Waals surface area contributed by atoms with Crippen molar-refractivity contribution in [3.63, 3.8) is 0 Å². The standard InChI is InChI=1S/C32H56N2O5/c1-6-7-8-9-10-11-12-13-18-32(19-14-20-32)29(37)34-22-16-25(17-23-34)26(35)15-21-33-28(36)27-30(2,3)24-38-31(4,5)39-27/h25,27H,6-24H2,1-5H3,(H,33,36). The molecule has 0 bridgehead atoms. The maximum atomic E-state index is 13.5. The van der Waals surface area contributed by atoms with Gasteiger partial charge in [0.05, 0.1) is 6.61 Å². The van der Waals surface area contributed by atoms with Gasteiger partial charge in [0.2, 0.25) is 11.8 Å². The fraction of sp³-hybridized carbons (Fsp3) is 0.906. The van der Waals surface area contributed by atoms with Crippen LogP contribution in [0.3, 0.4) is 0 Å². The molecule has 7 nitrogen and oxygen atoms in total. The fourth-order valence-electron chi connectivity index (χ4n) is 6.44. The average molecular weight is 549 g/mol. The van der Waals surface area contributed by atoms with Gasteiger partial charge in [-0.1, -0.05) is 78.6 Å². The van der Waals surface area contributed by atoms with Crippen LogP contribution in [0, 0.1) is 16.7 Å². The number of rotatable bonds is 15. The minimum absolute atomic E-state index is 0.0225. The molecule has 1 saturated carbocycles. The van der Waals surface area contributed by atoms with E-state index in [-0.39, 0.29) is 23.0 Å². The Morgan fingerprint density at radius 3 is 2.10 bits per heavy atom. The SMILES string of the molecule is CCCCCCCCCCC1(C(=O)N2CCC(C(=O)CCNC(=O)C3OC(C)(C)OCC3(C)C)CC2)CCC1. The highest BCUT2D eigenvalue weighted by molar-refractivity contribution is 5.86. The number of ketones is 1. The first-order chi connectivity index (χ1) is 18.5. The zero-order chi connectivity index (χ0) is 28.5. The Labute approximate surface area is 237 Å². The van der Waals surface area contributed by atoms with Gasteiger partial charge >= 0.3 is 0 Å². The second kappa shape index (κ2) is 14.4. The van der Waals surface area contributed by atoms with Crippen molar-refractivity contribution in [2.75, 3.05) is 26.2 Å². The molecule has 0 aromatic carbocycles. The van der Waals surface area contributed by atoms with E-state index in [4.69, 9.17) is 9.47 Å². The smallest absolute Gasteiger partial charge is 0.249 e. The van der Waals surface area contributed by atoms with Crippen molar-refractivity contribution >= 4 is 17.6 Å². The summed E-state index contributed by atoms with van der Waals surface area (Å²) in [5, 5.41) is 2.91. The predicted molar refractivity (Wildman–Crippen MR) is 154 cm³/mol. The van der Waals surface area contributed by atoms with Gasteiger partial charge in [-0.3, -0.25) is 14.4 Å². The molecule has 39 heavy (non-hydrogen) atoms. The van der Waals surface area contributed by atoms with Gasteiger partial charge in [0, 0.05) is 42.8 Å². The second-order valence-electron chi connectivity index (χ2n) is 13.6. The summed E-state index contributed by atoms with van der Waals surface area (Å²) in [5.74, 6) is -0.480. The van der Waals surface area contributed by atoms with Gasteiger partial charge in [0.1, 0.15) is 11.9 Å². The largest absolute Gasteiger partial charge is 0.353 e. The van der Waals surface area contributed by atoms with Crippen molar-refractivity contribution < 1.29 is 23.9 Å². The summed E-state index contributed by atoms with van der Waals surface area (Å²) >= 11 is 0. The molecule has 0 spiro atoms. The van der Waals surface area contributed by atoms with E-state index in [2.05, 4.69) is 12.2 Å². The summed E-state index contributed by atoms with van der Waals surface area (Å²) in [6.45, 7) is 11.9. The zero-order valence-electron chi connectivity index (χ0n) is 25.6. The topological polar surface area (TPSA) is 84.9 Å². The van der Waals surface area contributed by atoms with Gasteiger partial charge in [-0.05, 0) is 46.0 Å². The molecular weight excluding hydrogens is 492 g/mol. The molecular formula is C32H56N2O5. The number of nitrogens with one attached hydrogen (secondary N) is 1. The maximum absolute atomic E-state index is 13.5. The predicted octanol–water partition coefficient (Wildman–Crippen LogP) is 6.18. The zero-order valence-corrected chi connectivity index (χ0v) is 25.6. The summed E-state index contributed by atoms with van der Waals surface area (Å²) in [5.41, 5.74) is -0.563. The summed E-state index contributed by atoms with van der Waals surface area (Å²) in [6, 6.07) is 0. The lowest BCUT2D eigenvalue weighted by Gasteiger charge is -2.45. The number of nitrogens with zero attached hydrogens (tertiary/aromatic N) is 1. The number of likely N-dealkylation sites (tertiary alicyclic amines) is 1. The van der Waals surface area contributed by atoms with E-state index in [0.717, 1.165) is 44.9 Å². The number of carbonyl (C=O) groups excluding carboxylic acids is 3. The molecule has 3 fully saturated rings. The van der Waals surface area contributed by atoms with Crippen LogP contribution < -0.4 is 5.32 Å². The normalized spacial score (nSPS) is 24.1. The molecule has 1 atom stereocenters. The van der Waals surface area contributed by atoms with Crippen molar-refractivity contribution in [3.8, 4) is 0 Å². The number of hydrogen-bond acceptors (Lipinski definition) is 5. The van der Waals surface area contributed by atoms with E-state index in [1.165, 1.54) is 44.9 Å². The number of unbranched alkanes of at least 4 members (excludes halogenated alkanes) is 7. The van der Waals surface area contributed by atoms with Crippen LogP contribution in [0.25, 0.3) is 0 Å². The van der Waals surface area contributed by atoms with Crippen LogP contribution >= 0.6 is 0 Å². The highest BCUT2D eigenvalue weighted by atomic mass is 16.7. The minimum Gasteiger partial charge on any atom is -0.353 e. The average Bonchev–Trinajstić information content (AvgIpc) is 2.88. The highest BCUT2D eigenvalue weighted by Gasteiger charge is 2.47. The summed E-state index contributed by atoms with van der Waals surface area (Å²) in [4.78, 5) is 41.3. The van der Waals surface area contributed by atoms with Crippen LogP contribution in [-0.2, 0) is 23.9 Å². The molecule has 3 aliphatic rings. The van der Waals surface area contributed by atoms with E-state index in [9.17, 15) is 14.4 Å². The van der Waals surface area contributed by atoms with Gasteiger partial charge < -0.3 is 19.7 Å². The fourth-order valence-corrected chi connectivity index (χ4v) is 6.44. The highest BCUT2D eigenvalue weighted by Crippen LogP contribution is 2.47. The third-order valence-electron chi connectivity index (χ3n) is 9.32. The second-order valence-corrected chi connectivity index (χ2v) is 13.6. The quantitative estimate of drug-likeness (QED) is 0.247.